The number of benzene rings is 1. The van der Waals surface area contributed by atoms with Crippen molar-refractivity contribution in [1.29, 1.82) is 0 Å². The van der Waals surface area contributed by atoms with E-state index in [1.54, 1.807) is 50.5 Å². The number of fused-ring (bicyclic) bond motifs is 2. The van der Waals surface area contributed by atoms with E-state index in [-0.39, 0.29) is 28.6 Å². The minimum Gasteiger partial charge on any atom is -0.462 e. The van der Waals surface area contributed by atoms with Crippen molar-refractivity contribution in [3.8, 4) is 0 Å². The summed E-state index contributed by atoms with van der Waals surface area (Å²) in [7, 11) is 1.61. The Morgan fingerprint density at radius 1 is 1.13 bits per heavy atom. The molecule has 4 aromatic rings. The van der Waals surface area contributed by atoms with Crippen LogP contribution in [0.2, 0.25) is 0 Å². The monoisotopic (exact) mass is 416 g/mol. The van der Waals surface area contributed by atoms with E-state index in [1.807, 2.05) is 19.1 Å². The van der Waals surface area contributed by atoms with Crippen LogP contribution in [-0.4, -0.2) is 32.4 Å². The molecule has 0 saturated heterocycles. The lowest BCUT2D eigenvalue weighted by Gasteiger charge is -2.11. The van der Waals surface area contributed by atoms with Crippen LogP contribution in [0.3, 0.4) is 0 Å². The molecular weight excluding hydrogens is 396 g/mol. The molecule has 3 heterocycles. The summed E-state index contributed by atoms with van der Waals surface area (Å²) >= 11 is 0. The first kappa shape index (κ1) is 20.2. The van der Waals surface area contributed by atoms with Gasteiger partial charge in [0.25, 0.3) is 11.5 Å². The molecule has 0 fully saturated rings. The molecule has 1 amide bonds. The quantitative estimate of drug-likeness (QED) is 0.378. The van der Waals surface area contributed by atoms with Crippen LogP contribution in [0.25, 0.3) is 16.7 Å². The summed E-state index contributed by atoms with van der Waals surface area (Å²) in [5.74, 6) is -1.19. The molecule has 0 atom stereocenters. The number of hydrogen-bond acceptors (Lipinski definition) is 5. The highest BCUT2D eigenvalue weighted by Crippen LogP contribution is 2.11. The third-order valence-corrected chi connectivity index (χ3v) is 4.92. The summed E-state index contributed by atoms with van der Waals surface area (Å²) in [6.07, 6.45) is 1.60. The number of carbonyl (C=O) groups excluding carboxylic acids is 2. The van der Waals surface area contributed by atoms with E-state index in [4.69, 9.17) is 4.74 Å². The van der Waals surface area contributed by atoms with Crippen molar-refractivity contribution < 1.29 is 14.3 Å². The van der Waals surface area contributed by atoms with Crippen molar-refractivity contribution in [2.75, 3.05) is 6.61 Å². The lowest BCUT2D eigenvalue weighted by molar-refractivity contribution is 0.0523. The Balaban J connectivity index is 2.05. The molecule has 0 radical (unpaired) electrons. The molecule has 0 bridgehead atoms. The Kier molecular flexibility index (Phi) is 5.21. The van der Waals surface area contributed by atoms with E-state index in [9.17, 15) is 14.4 Å². The molecule has 0 aliphatic carbocycles. The Hall–Kier alpha value is -4.07. The Labute approximate surface area is 177 Å². The topological polar surface area (TPSA) is 95.0 Å². The van der Waals surface area contributed by atoms with Crippen molar-refractivity contribution in [2.24, 2.45) is 12.0 Å². The van der Waals surface area contributed by atoms with Crippen molar-refractivity contribution in [1.82, 2.24) is 14.0 Å². The number of hydrogen-bond donors (Lipinski definition) is 0. The minimum atomic E-state index is -0.673. The number of nitrogens with zero attached hydrogens (tertiary/aromatic N) is 4. The van der Waals surface area contributed by atoms with Crippen molar-refractivity contribution in [3.05, 3.63) is 87.3 Å². The number of carbonyl (C=O) groups is 2. The third kappa shape index (κ3) is 3.63. The molecule has 0 unspecified atom stereocenters. The average molecular weight is 416 g/mol. The van der Waals surface area contributed by atoms with Crippen molar-refractivity contribution in [3.63, 3.8) is 0 Å². The summed E-state index contributed by atoms with van der Waals surface area (Å²) in [6, 6.07) is 13.5. The van der Waals surface area contributed by atoms with E-state index >= 15 is 0 Å². The second-order valence-corrected chi connectivity index (χ2v) is 7.03. The zero-order valence-electron chi connectivity index (χ0n) is 17.3. The van der Waals surface area contributed by atoms with Gasteiger partial charge in [-0.25, -0.2) is 9.78 Å². The Morgan fingerprint density at radius 3 is 2.58 bits per heavy atom. The first-order valence-electron chi connectivity index (χ1n) is 9.74. The number of pyridine rings is 2. The average Bonchev–Trinajstić information content (AvgIpc) is 2.76. The van der Waals surface area contributed by atoms with Gasteiger partial charge in [0.1, 0.15) is 16.9 Å². The molecule has 0 aliphatic rings. The highest BCUT2D eigenvalue weighted by Gasteiger charge is 2.18. The summed E-state index contributed by atoms with van der Waals surface area (Å²) in [5, 5.41) is 0.219. The number of ether oxygens (including phenoxy) is 1. The van der Waals surface area contributed by atoms with Gasteiger partial charge in [0.05, 0.1) is 12.0 Å². The van der Waals surface area contributed by atoms with Crippen LogP contribution >= 0.6 is 0 Å². The van der Waals surface area contributed by atoms with Gasteiger partial charge < -0.3 is 9.30 Å². The SMILES string of the molecule is CCOC(=O)c1cc2c(=O)n3ccccc3nc2n(C)c1=NC(=O)c1ccc(C)cc1. The minimum absolute atomic E-state index is 0.0205. The van der Waals surface area contributed by atoms with E-state index in [1.165, 1.54) is 15.0 Å². The molecule has 0 N–H and O–H groups in total. The van der Waals surface area contributed by atoms with Gasteiger partial charge >= 0.3 is 5.97 Å². The maximum atomic E-state index is 13.0. The number of aryl methyl sites for hydroxylation is 2. The lowest BCUT2D eigenvalue weighted by Crippen LogP contribution is -2.31. The molecule has 156 valence electrons. The molecule has 31 heavy (non-hydrogen) atoms. The van der Waals surface area contributed by atoms with Gasteiger partial charge in [-0.1, -0.05) is 23.8 Å². The molecule has 3 aromatic heterocycles. The Bertz CT molecular complexity index is 1460. The second-order valence-electron chi connectivity index (χ2n) is 7.03. The van der Waals surface area contributed by atoms with Crippen LogP contribution in [-0.2, 0) is 11.8 Å². The third-order valence-electron chi connectivity index (χ3n) is 4.92. The predicted octanol–water partition coefficient (Wildman–Crippen LogP) is 2.41. The number of amides is 1. The summed E-state index contributed by atoms with van der Waals surface area (Å²) < 4.78 is 8.02. The molecular formula is C23H20N4O4. The van der Waals surface area contributed by atoms with Crippen LogP contribution in [0.1, 0.15) is 33.2 Å². The molecule has 0 aliphatic heterocycles. The van der Waals surface area contributed by atoms with Crippen LogP contribution in [0.5, 0.6) is 0 Å². The molecule has 8 nitrogen and oxygen atoms in total. The lowest BCUT2D eigenvalue weighted by atomic mass is 10.1. The van der Waals surface area contributed by atoms with Crippen molar-refractivity contribution in [2.45, 2.75) is 13.8 Å². The van der Waals surface area contributed by atoms with Crippen LogP contribution in [0, 0.1) is 6.92 Å². The van der Waals surface area contributed by atoms with Gasteiger partial charge in [-0.2, -0.15) is 4.99 Å². The molecule has 0 saturated carbocycles. The summed E-state index contributed by atoms with van der Waals surface area (Å²) in [4.78, 5) is 47.2. The van der Waals surface area contributed by atoms with Crippen LogP contribution in [0.4, 0.5) is 0 Å². The number of esters is 1. The highest BCUT2D eigenvalue weighted by molar-refractivity contribution is 5.97. The number of rotatable bonds is 3. The fourth-order valence-electron chi connectivity index (χ4n) is 3.31. The normalized spacial score (nSPS) is 11.8. The Morgan fingerprint density at radius 2 is 1.87 bits per heavy atom. The fourth-order valence-corrected chi connectivity index (χ4v) is 3.31. The highest BCUT2D eigenvalue weighted by atomic mass is 16.5. The van der Waals surface area contributed by atoms with E-state index in [0.717, 1.165) is 5.56 Å². The standard InChI is InChI=1S/C23H20N4O4/c1-4-31-23(30)17-13-16-19(24-18-7-5-6-12-27(18)22(16)29)26(3)20(17)25-21(28)15-10-8-14(2)9-11-15/h5-13H,4H2,1-3H3. The summed E-state index contributed by atoms with van der Waals surface area (Å²) in [6.45, 7) is 3.74. The zero-order valence-corrected chi connectivity index (χ0v) is 17.3. The first-order chi connectivity index (χ1) is 14.9. The predicted molar refractivity (Wildman–Crippen MR) is 115 cm³/mol. The van der Waals surface area contributed by atoms with Crippen molar-refractivity contribution >= 4 is 28.6 Å². The number of aromatic nitrogens is 3. The maximum absolute atomic E-state index is 13.0. The molecule has 1 aromatic carbocycles. The van der Waals surface area contributed by atoms with Gasteiger partial charge in [-0.15, -0.1) is 0 Å². The van der Waals surface area contributed by atoms with E-state index in [0.29, 0.717) is 16.9 Å². The van der Waals surface area contributed by atoms with Gasteiger partial charge in [0.15, 0.2) is 5.49 Å². The van der Waals surface area contributed by atoms with Gasteiger partial charge in [0, 0.05) is 18.8 Å². The van der Waals surface area contributed by atoms with E-state index < -0.39 is 11.9 Å². The van der Waals surface area contributed by atoms with Gasteiger partial charge in [-0.3, -0.25) is 14.0 Å². The zero-order chi connectivity index (χ0) is 22.1. The summed E-state index contributed by atoms with van der Waals surface area (Å²) in [5.41, 5.74) is 1.90. The largest absolute Gasteiger partial charge is 0.462 e. The van der Waals surface area contributed by atoms with Gasteiger partial charge in [-0.05, 0) is 44.2 Å². The molecule has 0 spiro atoms. The second kappa shape index (κ2) is 7.98. The fraction of sp³-hybridized carbons (Fsp3) is 0.174. The maximum Gasteiger partial charge on any atom is 0.341 e. The smallest absolute Gasteiger partial charge is 0.341 e. The molecule has 4 rings (SSSR count). The molecule has 8 heteroatoms. The van der Waals surface area contributed by atoms with Crippen LogP contribution < -0.4 is 11.0 Å². The van der Waals surface area contributed by atoms with Crippen LogP contribution in [0.15, 0.2) is 64.5 Å². The van der Waals surface area contributed by atoms with Gasteiger partial charge in [0.2, 0.25) is 0 Å². The van der Waals surface area contributed by atoms with E-state index in [2.05, 4.69) is 9.98 Å². The first-order valence-corrected chi connectivity index (χ1v) is 9.74.